The Morgan fingerprint density at radius 2 is 1.88 bits per heavy atom. The van der Waals surface area contributed by atoms with Crippen molar-refractivity contribution < 1.29 is 31.9 Å². The van der Waals surface area contributed by atoms with Crippen molar-refractivity contribution in [3.05, 3.63) is 53.3 Å². The lowest BCUT2D eigenvalue weighted by Gasteiger charge is -2.36. The van der Waals surface area contributed by atoms with Crippen LogP contribution in [0.25, 0.3) is 0 Å². The van der Waals surface area contributed by atoms with Gasteiger partial charge < -0.3 is 14.3 Å². The molecule has 0 saturated heterocycles. The van der Waals surface area contributed by atoms with Gasteiger partial charge in [-0.15, -0.1) is 0 Å². The number of fused-ring (bicyclic) bond motifs is 1. The Kier molecular flexibility index (Phi) is 7.35. The van der Waals surface area contributed by atoms with E-state index in [1.165, 1.54) is 30.3 Å². The topological polar surface area (TPSA) is 90.0 Å². The van der Waals surface area contributed by atoms with Gasteiger partial charge >= 0.3 is 5.97 Å². The zero-order valence-electron chi connectivity index (χ0n) is 20.1. The number of aryl methyl sites for hydroxylation is 1. The molecule has 34 heavy (non-hydrogen) atoms. The van der Waals surface area contributed by atoms with Gasteiger partial charge in [0.05, 0.1) is 23.5 Å². The first-order chi connectivity index (χ1) is 15.8. The van der Waals surface area contributed by atoms with E-state index in [0.717, 1.165) is 6.07 Å². The van der Waals surface area contributed by atoms with Gasteiger partial charge in [0.1, 0.15) is 29.1 Å². The molecule has 0 saturated carbocycles. The second-order valence-corrected chi connectivity index (χ2v) is 11.4. The molecule has 1 aliphatic heterocycles. The summed E-state index contributed by atoms with van der Waals surface area (Å²) < 4.78 is 53.6. The van der Waals surface area contributed by atoms with Crippen molar-refractivity contribution in [1.82, 2.24) is 0 Å². The number of rotatable bonds is 7. The summed E-state index contributed by atoms with van der Waals surface area (Å²) in [5.74, 6) is -0.631. The minimum atomic E-state index is -4.07. The molecule has 3 rings (SSSR count). The van der Waals surface area contributed by atoms with Crippen LogP contribution in [0.1, 0.15) is 51.7 Å². The van der Waals surface area contributed by atoms with Gasteiger partial charge in [0, 0.05) is 6.42 Å². The summed E-state index contributed by atoms with van der Waals surface area (Å²) in [4.78, 5) is 23.7. The van der Waals surface area contributed by atoms with Crippen LogP contribution in [-0.4, -0.2) is 38.4 Å². The van der Waals surface area contributed by atoms with E-state index in [2.05, 4.69) is 0 Å². The summed E-state index contributed by atoms with van der Waals surface area (Å²) in [5.41, 5.74) is 0.409. The van der Waals surface area contributed by atoms with E-state index in [1.807, 2.05) is 0 Å². The second kappa shape index (κ2) is 9.74. The highest BCUT2D eigenvalue weighted by molar-refractivity contribution is 7.92. The van der Waals surface area contributed by atoms with Crippen LogP contribution in [0, 0.1) is 12.7 Å². The lowest BCUT2D eigenvalue weighted by atomic mass is 10.1. The standard InChI is InChI=1S/C25H30FNO6S/c1-16-12-20(9-10-21(16)26)34(30,31)27-15-19(8-6-17(2)28)32-23-11-7-18(13-22(23)27)14-24(29)33-25(3,4)5/h7,9-13,19H,6,8,14-15H2,1-5H3/t19-/m0/s1. The smallest absolute Gasteiger partial charge is 0.310 e. The van der Waals surface area contributed by atoms with Crippen LogP contribution < -0.4 is 9.04 Å². The summed E-state index contributed by atoms with van der Waals surface area (Å²) in [7, 11) is -4.07. The fraction of sp³-hybridized carbons (Fsp3) is 0.440. The molecule has 0 bridgehead atoms. The number of carbonyl (C=O) groups is 2. The molecule has 0 unspecified atom stereocenters. The minimum absolute atomic E-state index is 0.0189. The molecule has 0 N–H and O–H groups in total. The van der Waals surface area contributed by atoms with Crippen molar-refractivity contribution in [2.75, 3.05) is 10.8 Å². The number of Topliss-reactive ketones (excluding diaryl/α,β-unsaturated/α-hetero) is 1. The molecule has 0 aromatic heterocycles. The summed E-state index contributed by atoms with van der Waals surface area (Å²) in [5, 5.41) is 0. The lowest BCUT2D eigenvalue weighted by Crippen LogP contribution is -2.43. The largest absolute Gasteiger partial charge is 0.486 e. The Morgan fingerprint density at radius 1 is 1.18 bits per heavy atom. The van der Waals surface area contributed by atoms with E-state index in [-0.39, 0.29) is 41.3 Å². The summed E-state index contributed by atoms with van der Waals surface area (Å²) in [6.45, 7) is 8.25. The molecule has 184 valence electrons. The number of hydrogen-bond acceptors (Lipinski definition) is 6. The molecule has 0 aliphatic carbocycles. The number of carbonyl (C=O) groups excluding carboxylic acids is 2. The number of hydrogen-bond donors (Lipinski definition) is 0. The molecular formula is C25H30FNO6S. The van der Waals surface area contributed by atoms with Gasteiger partial charge in [0.15, 0.2) is 0 Å². The van der Waals surface area contributed by atoms with Crippen molar-refractivity contribution >= 4 is 27.5 Å². The van der Waals surface area contributed by atoms with Crippen LogP contribution in [0.5, 0.6) is 5.75 Å². The van der Waals surface area contributed by atoms with Crippen LogP contribution in [-0.2, 0) is 30.8 Å². The maximum Gasteiger partial charge on any atom is 0.310 e. The number of sulfonamides is 1. The Morgan fingerprint density at radius 3 is 2.50 bits per heavy atom. The van der Waals surface area contributed by atoms with Gasteiger partial charge in [-0.2, -0.15) is 0 Å². The van der Waals surface area contributed by atoms with E-state index >= 15 is 0 Å². The quantitative estimate of drug-likeness (QED) is 0.535. The molecule has 1 aliphatic rings. The number of ether oxygens (including phenoxy) is 2. The van der Waals surface area contributed by atoms with Gasteiger partial charge in [-0.25, -0.2) is 12.8 Å². The van der Waals surface area contributed by atoms with Gasteiger partial charge in [0.2, 0.25) is 0 Å². The summed E-state index contributed by atoms with van der Waals surface area (Å²) in [6.07, 6.45) is 0.0230. The second-order valence-electron chi connectivity index (χ2n) is 9.49. The summed E-state index contributed by atoms with van der Waals surface area (Å²) >= 11 is 0. The lowest BCUT2D eigenvalue weighted by molar-refractivity contribution is -0.153. The Balaban J connectivity index is 2.00. The molecule has 1 heterocycles. The van der Waals surface area contributed by atoms with Crippen LogP contribution in [0.4, 0.5) is 10.1 Å². The van der Waals surface area contributed by atoms with E-state index < -0.39 is 33.5 Å². The first-order valence-corrected chi connectivity index (χ1v) is 12.5. The average Bonchev–Trinajstić information content (AvgIpc) is 2.72. The molecule has 7 nitrogen and oxygen atoms in total. The highest BCUT2D eigenvalue weighted by Gasteiger charge is 2.35. The number of benzene rings is 2. The first-order valence-electron chi connectivity index (χ1n) is 11.1. The fourth-order valence-electron chi connectivity index (χ4n) is 3.66. The third kappa shape index (κ3) is 6.14. The van der Waals surface area contributed by atoms with Crippen molar-refractivity contribution in [3.63, 3.8) is 0 Å². The Hall–Kier alpha value is -2.94. The average molecular weight is 492 g/mol. The Labute approximate surface area is 199 Å². The minimum Gasteiger partial charge on any atom is -0.486 e. The molecule has 1 atom stereocenters. The SMILES string of the molecule is CC(=O)CC[C@H]1CN(S(=O)(=O)c2ccc(F)c(C)c2)c2cc(CC(=O)OC(C)(C)C)ccc2O1. The molecule has 2 aromatic rings. The van der Waals surface area contributed by atoms with Crippen molar-refractivity contribution in [2.24, 2.45) is 0 Å². The first kappa shape index (κ1) is 25.7. The molecule has 9 heteroatoms. The number of ketones is 1. The highest BCUT2D eigenvalue weighted by atomic mass is 32.2. The fourth-order valence-corrected chi connectivity index (χ4v) is 5.24. The zero-order valence-corrected chi connectivity index (χ0v) is 20.9. The van der Waals surface area contributed by atoms with E-state index in [0.29, 0.717) is 17.7 Å². The highest BCUT2D eigenvalue weighted by Crippen LogP contribution is 2.39. The number of halogens is 1. The van der Waals surface area contributed by atoms with E-state index in [9.17, 15) is 22.4 Å². The van der Waals surface area contributed by atoms with Crippen molar-refractivity contribution in [2.45, 2.75) is 70.5 Å². The number of esters is 1. The third-order valence-corrected chi connectivity index (χ3v) is 7.04. The molecule has 0 spiro atoms. The molecule has 0 radical (unpaired) electrons. The number of anilines is 1. The predicted octanol–water partition coefficient (Wildman–Crippen LogP) is 4.34. The maximum atomic E-state index is 13.8. The van der Waals surface area contributed by atoms with Crippen LogP contribution in [0.15, 0.2) is 41.3 Å². The molecule has 2 aromatic carbocycles. The third-order valence-electron chi connectivity index (χ3n) is 5.26. The number of nitrogens with zero attached hydrogens (tertiary/aromatic N) is 1. The maximum absolute atomic E-state index is 13.8. The van der Waals surface area contributed by atoms with Gasteiger partial charge in [-0.05, 0) is 82.5 Å². The van der Waals surface area contributed by atoms with Gasteiger partial charge in [-0.1, -0.05) is 6.07 Å². The molecule has 0 fully saturated rings. The zero-order chi connectivity index (χ0) is 25.3. The Bertz CT molecular complexity index is 1200. The molecule has 0 amide bonds. The predicted molar refractivity (Wildman–Crippen MR) is 126 cm³/mol. The van der Waals surface area contributed by atoms with Crippen LogP contribution in [0.3, 0.4) is 0 Å². The van der Waals surface area contributed by atoms with Crippen LogP contribution in [0.2, 0.25) is 0 Å². The molecular weight excluding hydrogens is 461 g/mol. The monoisotopic (exact) mass is 491 g/mol. The van der Waals surface area contributed by atoms with Crippen LogP contribution >= 0.6 is 0 Å². The van der Waals surface area contributed by atoms with Gasteiger partial charge in [-0.3, -0.25) is 9.10 Å². The van der Waals surface area contributed by atoms with Crippen molar-refractivity contribution in [3.8, 4) is 5.75 Å². The van der Waals surface area contributed by atoms with Gasteiger partial charge in [0.25, 0.3) is 10.0 Å². The summed E-state index contributed by atoms with van der Waals surface area (Å²) in [6, 6.07) is 8.53. The van der Waals surface area contributed by atoms with E-state index in [4.69, 9.17) is 9.47 Å². The normalized spacial score (nSPS) is 15.9. The van der Waals surface area contributed by atoms with Crippen molar-refractivity contribution in [1.29, 1.82) is 0 Å². The van der Waals surface area contributed by atoms with E-state index in [1.54, 1.807) is 39.0 Å².